The molecule has 0 bridgehead atoms. The quantitative estimate of drug-likeness (QED) is 0.771. The summed E-state index contributed by atoms with van der Waals surface area (Å²) in [6.07, 6.45) is 3.56. The predicted molar refractivity (Wildman–Crippen MR) is 110 cm³/mol. The van der Waals surface area contributed by atoms with Crippen molar-refractivity contribution in [3.63, 3.8) is 0 Å². The molecule has 1 aromatic heterocycles. The van der Waals surface area contributed by atoms with Gasteiger partial charge in [0.25, 0.3) is 0 Å². The maximum Gasteiger partial charge on any atom is 0.236 e. The minimum atomic E-state index is -3.45. The predicted octanol–water partition coefficient (Wildman–Crippen LogP) is 3.12. The van der Waals surface area contributed by atoms with Crippen molar-refractivity contribution in [3.8, 4) is 0 Å². The fourth-order valence-electron chi connectivity index (χ4n) is 3.10. The minimum Gasteiger partial charge on any atom is -0.355 e. The molecule has 1 fully saturated rings. The number of nitrogens with one attached hydrogen (secondary N) is 1. The second-order valence-corrected chi connectivity index (χ2v) is 9.40. The number of carbonyl (C=O) groups is 1. The Hall–Kier alpha value is -1.96. The number of carbonyl (C=O) groups excluding carboxylic acids is 1. The molecule has 1 amide bonds. The highest BCUT2D eigenvalue weighted by molar-refractivity contribution is 7.92. The van der Waals surface area contributed by atoms with Crippen molar-refractivity contribution in [1.82, 2.24) is 9.62 Å². The largest absolute Gasteiger partial charge is 0.355 e. The van der Waals surface area contributed by atoms with Gasteiger partial charge in [-0.2, -0.15) is 4.31 Å². The Morgan fingerprint density at radius 1 is 1.15 bits per heavy atom. The van der Waals surface area contributed by atoms with Gasteiger partial charge >= 0.3 is 0 Å². The van der Waals surface area contributed by atoms with E-state index in [4.69, 9.17) is 0 Å². The van der Waals surface area contributed by atoms with Gasteiger partial charge in [-0.1, -0.05) is 36.4 Å². The van der Waals surface area contributed by atoms with Gasteiger partial charge in [0.2, 0.25) is 15.9 Å². The van der Waals surface area contributed by atoms with E-state index in [9.17, 15) is 13.2 Å². The van der Waals surface area contributed by atoms with Crippen LogP contribution in [0.5, 0.6) is 0 Å². The molecule has 144 valence electrons. The molecule has 5 nitrogen and oxygen atoms in total. The first kappa shape index (κ1) is 19.8. The van der Waals surface area contributed by atoms with E-state index in [0.29, 0.717) is 32.5 Å². The van der Waals surface area contributed by atoms with Gasteiger partial charge in [0.05, 0.1) is 0 Å². The van der Waals surface area contributed by atoms with Gasteiger partial charge in [-0.15, -0.1) is 11.3 Å². The lowest BCUT2D eigenvalue weighted by Gasteiger charge is -2.29. The molecular weight excluding hydrogens is 380 g/mol. The first-order valence-corrected chi connectivity index (χ1v) is 11.5. The fraction of sp³-hybridized carbons (Fsp3) is 0.350. The molecule has 0 unspecified atom stereocenters. The summed E-state index contributed by atoms with van der Waals surface area (Å²) >= 11 is 1.69. The Bertz CT molecular complexity index is 854. The van der Waals surface area contributed by atoms with Crippen LogP contribution in [0.2, 0.25) is 0 Å². The van der Waals surface area contributed by atoms with E-state index in [2.05, 4.69) is 11.4 Å². The number of thiophene rings is 1. The highest BCUT2D eigenvalue weighted by Crippen LogP contribution is 2.21. The summed E-state index contributed by atoms with van der Waals surface area (Å²) in [6, 6.07) is 13.4. The Labute approximate surface area is 164 Å². The van der Waals surface area contributed by atoms with Gasteiger partial charge in [-0.05, 0) is 42.3 Å². The molecule has 27 heavy (non-hydrogen) atoms. The maximum atomic E-state index is 12.5. The monoisotopic (exact) mass is 404 g/mol. The average molecular weight is 405 g/mol. The van der Waals surface area contributed by atoms with Crippen LogP contribution in [0.25, 0.3) is 6.08 Å². The molecule has 0 atom stereocenters. The van der Waals surface area contributed by atoms with E-state index in [1.807, 2.05) is 41.8 Å². The Morgan fingerprint density at radius 2 is 1.89 bits per heavy atom. The molecule has 1 aliphatic rings. The molecule has 1 aromatic carbocycles. The van der Waals surface area contributed by atoms with Crippen molar-refractivity contribution in [3.05, 3.63) is 63.7 Å². The number of piperidine rings is 1. The lowest BCUT2D eigenvalue weighted by atomic mass is 9.97. The number of benzene rings is 1. The third-order valence-electron chi connectivity index (χ3n) is 4.67. The van der Waals surface area contributed by atoms with Gasteiger partial charge in [0.1, 0.15) is 0 Å². The Kier molecular flexibility index (Phi) is 6.82. The van der Waals surface area contributed by atoms with Gasteiger partial charge in [-0.3, -0.25) is 4.79 Å². The molecule has 2 aromatic rings. The van der Waals surface area contributed by atoms with Crippen molar-refractivity contribution in [2.75, 3.05) is 19.6 Å². The van der Waals surface area contributed by atoms with Crippen LogP contribution in [0.3, 0.4) is 0 Å². The zero-order chi connectivity index (χ0) is 19.1. The summed E-state index contributed by atoms with van der Waals surface area (Å²) in [7, 11) is -3.45. The Balaban J connectivity index is 1.46. The van der Waals surface area contributed by atoms with Crippen LogP contribution < -0.4 is 5.32 Å². The zero-order valence-electron chi connectivity index (χ0n) is 15.1. The topological polar surface area (TPSA) is 66.5 Å². The number of rotatable bonds is 7. The van der Waals surface area contributed by atoms with Crippen LogP contribution in [-0.2, 0) is 21.2 Å². The van der Waals surface area contributed by atoms with Gasteiger partial charge in [-0.25, -0.2) is 8.42 Å². The highest BCUT2D eigenvalue weighted by atomic mass is 32.2. The van der Waals surface area contributed by atoms with Crippen LogP contribution in [-0.4, -0.2) is 38.3 Å². The van der Waals surface area contributed by atoms with E-state index in [-0.39, 0.29) is 11.8 Å². The summed E-state index contributed by atoms with van der Waals surface area (Å²) in [6.45, 7) is 1.38. The molecule has 2 heterocycles. The molecule has 3 rings (SSSR count). The number of hydrogen-bond donors (Lipinski definition) is 1. The molecule has 1 N–H and O–H groups in total. The van der Waals surface area contributed by atoms with Crippen molar-refractivity contribution in [2.45, 2.75) is 19.3 Å². The third kappa shape index (κ3) is 5.76. The molecule has 0 aliphatic carbocycles. The molecule has 7 heteroatoms. The van der Waals surface area contributed by atoms with E-state index in [0.717, 1.165) is 12.0 Å². The first-order chi connectivity index (χ1) is 13.0. The molecule has 0 saturated carbocycles. The number of hydrogen-bond acceptors (Lipinski definition) is 4. The Morgan fingerprint density at radius 3 is 2.56 bits per heavy atom. The van der Waals surface area contributed by atoms with E-state index < -0.39 is 10.0 Å². The smallest absolute Gasteiger partial charge is 0.236 e. The number of nitrogens with zero attached hydrogens (tertiary/aromatic N) is 1. The van der Waals surface area contributed by atoms with Crippen molar-refractivity contribution in [1.29, 1.82) is 0 Å². The van der Waals surface area contributed by atoms with Gasteiger partial charge < -0.3 is 5.32 Å². The van der Waals surface area contributed by atoms with Crippen molar-refractivity contribution >= 4 is 33.3 Å². The number of sulfonamides is 1. The lowest BCUT2D eigenvalue weighted by molar-refractivity contribution is -0.126. The summed E-state index contributed by atoms with van der Waals surface area (Å²) in [5, 5.41) is 6.26. The molecule has 0 spiro atoms. The van der Waals surface area contributed by atoms with E-state index >= 15 is 0 Å². The molecule has 1 saturated heterocycles. The van der Waals surface area contributed by atoms with E-state index in [1.54, 1.807) is 17.4 Å². The van der Waals surface area contributed by atoms with Crippen LogP contribution in [0.15, 0.2) is 53.3 Å². The normalized spacial score (nSPS) is 16.6. The van der Waals surface area contributed by atoms with Crippen LogP contribution in [0.1, 0.15) is 23.3 Å². The fourth-order valence-corrected chi connectivity index (χ4v) is 5.03. The minimum absolute atomic E-state index is 0.0310. The van der Waals surface area contributed by atoms with Crippen molar-refractivity contribution < 1.29 is 13.2 Å². The SMILES string of the molecule is O=C(NCCc1cccs1)C1CCN(S(=O)(=O)/C=C/c2ccccc2)CC1. The maximum absolute atomic E-state index is 12.5. The lowest BCUT2D eigenvalue weighted by Crippen LogP contribution is -2.42. The molecular formula is C20H24N2O3S2. The summed E-state index contributed by atoms with van der Waals surface area (Å²) in [5.41, 5.74) is 0.848. The summed E-state index contributed by atoms with van der Waals surface area (Å²) in [4.78, 5) is 13.6. The van der Waals surface area contributed by atoms with Crippen LogP contribution in [0, 0.1) is 5.92 Å². The second-order valence-electron chi connectivity index (χ2n) is 6.55. The molecule has 1 aliphatic heterocycles. The molecule has 0 radical (unpaired) electrons. The highest BCUT2D eigenvalue weighted by Gasteiger charge is 2.29. The van der Waals surface area contributed by atoms with Crippen LogP contribution >= 0.6 is 11.3 Å². The van der Waals surface area contributed by atoms with E-state index in [1.165, 1.54) is 14.6 Å². The van der Waals surface area contributed by atoms with Gasteiger partial charge in [0.15, 0.2) is 0 Å². The zero-order valence-corrected chi connectivity index (χ0v) is 16.7. The standard InChI is InChI=1S/C20H24N2O3S2/c23-20(21-12-8-19-7-4-15-26-19)18-9-13-22(14-10-18)27(24,25)16-11-17-5-2-1-3-6-17/h1-7,11,15-16,18H,8-10,12-14H2,(H,21,23)/b16-11+. The number of amides is 1. The average Bonchev–Trinajstić information content (AvgIpc) is 3.21. The summed E-state index contributed by atoms with van der Waals surface area (Å²) in [5.74, 6) is -0.0821. The summed E-state index contributed by atoms with van der Waals surface area (Å²) < 4.78 is 26.4. The second kappa shape index (κ2) is 9.30. The van der Waals surface area contributed by atoms with Gasteiger partial charge in [0, 0.05) is 35.8 Å². The first-order valence-electron chi connectivity index (χ1n) is 9.08. The van der Waals surface area contributed by atoms with Crippen molar-refractivity contribution in [2.24, 2.45) is 5.92 Å². The third-order valence-corrected chi connectivity index (χ3v) is 7.17. The van der Waals surface area contributed by atoms with Crippen LogP contribution in [0.4, 0.5) is 0 Å².